The number of nitrogens with one attached hydrogen (secondary N) is 1. The molecule has 3 aromatic rings. The standard InChI is InChI=1S/C24H29N3O4/c1-17-22-20(6-2-7-21(22)31-23(17)24(28)29)30-14-4-13-27(19-8-11-25-12-9-19)16-18-5-3-10-26-15-18/h2-3,5-7,10,15,19,25H,4,8-9,11-14,16H2,1H3,(H,28,29). The van der Waals surface area contributed by atoms with E-state index in [2.05, 4.69) is 21.3 Å². The summed E-state index contributed by atoms with van der Waals surface area (Å²) in [5.41, 5.74) is 2.37. The van der Waals surface area contributed by atoms with Crippen molar-refractivity contribution in [3.05, 3.63) is 59.6 Å². The molecular weight excluding hydrogens is 394 g/mol. The highest BCUT2D eigenvalue weighted by atomic mass is 16.5. The average molecular weight is 424 g/mol. The number of furan rings is 1. The van der Waals surface area contributed by atoms with Crippen LogP contribution in [0.15, 0.2) is 47.1 Å². The molecule has 7 heteroatoms. The predicted octanol–water partition coefficient (Wildman–Crippen LogP) is 3.86. The quantitative estimate of drug-likeness (QED) is 0.505. The zero-order valence-electron chi connectivity index (χ0n) is 17.8. The molecule has 4 rings (SSSR count). The molecule has 2 aromatic heterocycles. The van der Waals surface area contributed by atoms with Gasteiger partial charge in [-0.3, -0.25) is 9.88 Å². The van der Waals surface area contributed by atoms with E-state index in [1.54, 1.807) is 19.2 Å². The molecule has 1 aliphatic rings. The van der Waals surface area contributed by atoms with Gasteiger partial charge in [-0.25, -0.2) is 4.79 Å². The minimum atomic E-state index is -1.06. The Morgan fingerprint density at radius 3 is 2.87 bits per heavy atom. The summed E-state index contributed by atoms with van der Waals surface area (Å²) in [5, 5.41) is 13.5. The second-order valence-corrected chi connectivity index (χ2v) is 8.01. The van der Waals surface area contributed by atoms with E-state index in [4.69, 9.17) is 9.15 Å². The maximum Gasteiger partial charge on any atom is 0.372 e. The monoisotopic (exact) mass is 423 g/mol. The van der Waals surface area contributed by atoms with Gasteiger partial charge in [-0.2, -0.15) is 0 Å². The lowest BCUT2D eigenvalue weighted by molar-refractivity contribution is 0.0664. The van der Waals surface area contributed by atoms with E-state index < -0.39 is 5.97 Å². The minimum absolute atomic E-state index is 0.0281. The van der Waals surface area contributed by atoms with Crippen LogP contribution in [0.2, 0.25) is 0 Å². The SMILES string of the molecule is Cc1c(C(=O)O)oc2cccc(OCCCN(Cc3cccnc3)C3CCNCC3)c12. The van der Waals surface area contributed by atoms with Gasteiger partial charge in [0.1, 0.15) is 11.3 Å². The third kappa shape index (κ3) is 5.06. The van der Waals surface area contributed by atoms with Crippen LogP contribution in [0.4, 0.5) is 0 Å². The maximum atomic E-state index is 11.4. The molecule has 0 spiro atoms. The fraction of sp³-hybridized carbons (Fsp3) is 0.417. The largest absolute Gasteiger partial charge is 0.493 e. The summed E-state index contributed by atoms with van der Waals surface area (Å²) >= 11 is 0. The summed E-state index contributed by atoms with van der Waals surface area (Å²) in [6, 6.07) is 10.1. The zero-order chi connectivity index (χ0) is 21.6. The number of ether oxygens (including phenoxy) is 1. The smallest absolute Gasteiger partial charge is 0.372 e. The van der Waals surface area contributed by atoms with Crippen molar-refractivity contribution in [1.82, 2.24) is 15.2 Å². The molecule has 2 N–H and O–H groups in total. The van der Waals surface area contributed by atoms with Crippen molar-refractivity contribution in [2.45, 2.75) is 38.8 Å². The molecule has 0 aliphatic carbocycles. The van der Waals surface area contributed by atoms with E-state index in [1.165, 1.54) is 5.56 Å². The Hall–Kier alpha value is -2.90. The molecule has 7 nitrogen and oxygen atoms in total. The summed E-state index contributed by atoms with van der Waals surface area (Å²) in [6.45, 7) is 6.24. The van der Waals surface area contributed by atoms with Gasteiger partial charge in [0.25, 0.3) is 0 Å². The average Bonchev–Trinajstić information content (AvgIpc) is 3.15. The number of hydrogen-bond donors (Lipinski definition) is 2. The normalized spacial score (nSPS) is 14.9. The van der Waals surface area contributed by atoms with Crippen molar-refractivity contribution in [2.75, 3.05) is 26.2 Å². The fourth-order valence-electron chi connectivity index (χ4n) is 4.33. The number of hydrogen-bond acceptors (Lipinski definition) is 6. The molecule has 0 amide bonds. The Morgan fingerprint density at radius 2 is 2.13 bits per heavy atom. The molecule has 0 radical (unpaired) electrons. The summed E-state index contributed by atoms with van der Waals surface area (Å²) in [4.78, 5) is 18.2. The van der Waals surface area contributed by atoms with Gasteiger partial charge in [-0.05, 0) is 63.0 Å². The van der Waals surface area contributed by atoms with E-state index in [0.717, 1.165) is 50.8 Å². The van der Waals surface area contributed by atoms with Crippen molar-refractivity contribution >= 4 is 16.9 Å². The van der Waals surface area contributed by atoms with E-state index in [-0.39, 0.29) is 5.76 Å². The third-order valence-electron chi connectivity index (χ3n) is 5.89. The molecule has 0 unspecified atom stereocenters. The molecule has 3 heterocycles. The molecule has 31 heavy (non-hydrogen) atoms. The number of aryl methyl sites for hydroxylation is 1. The number of aromatic nitrogens is 1. The number of carbonyl (C=O) groups is 1. The Balaban J connectivity index is 1.40. The van der Waals surface area contributed by atoms with Gasteiger partial charge in [0, 0.05) is 37.1 Å². The van der Waals surface area contributed by atoms with Crippen LogP contribution >= 0.6 is 0 Å². The van der Waals surface area contributed by atoms with E-state index in [1.807, 2.05) is 24.4 Å². The topological polar surface area (TPSA) is 87.8 Å². The second-order valence-electron chi connectivity index (χ2n) is 8.01. The third-order valence-corrected chi connectivity index (χ3v) is 5.89. The number of carboxylic acids is 1. The van der Waals surface area contributed by atoms with Gasteiger partial charge in [0.05, 0.1) is 12.0 Å². The molecule has 0 atom stereocenters. The van der Waals surface area contributed by atoms with Crippen molar-refractivity contribution in [1.29, 1.82) is 0 Å². The minimum Gasteiger partial charge on any atom is -0.493 e. The van der Waals surface area contributed by atoms with E-state index in [9.17, 15) is 9.90 Å². The Morgan fingerprint density at radius 1 is 1.29 bits per heavy atom. The summed E-state index contributed by atoms with van der Waals surface area (Å²) in [7, 11) is 0. The van der Waals surface area contributed by atoms with Crippen LogP contribution in [0, 0.1) is 6.92 Å². The summed E-state index contributed by atoms with van der Waals surface area (Å²) in [6.07, 6.45) is 6.91. The zero-order valence-corrected chi connectivity index (χ0v) is 17.8. The second kappa shape index (κ2) is 9.94. The van der Waals surface area contributed by atoms with Gasteiger partial charge in [-0.15, -0.1) is 0 Å². The lowest BCUT2D eigenvalue weighted by atomic mass is 10.0. The van der Waals surface area contributed by atoms with Crippen LogP contribution in [-0.4, -0.2) is 53.2 Å². The number of rotatable bonds is 9. The number of carboxylic acid groups (broad SMARTS) is 1. The number of piperidine rings is 1. The molecule has 1 aromatic carbocycles. The molecular formula is C24H29N3O4. The summed E-state index contributed by atoms with van der Waals surface area (Å²) < 4.78 is 11.6. The van der Waals surface area contributed by atoms with Crippen LogP contribution in [0.25, 0.3) is 11.0 Å². The molecule has 1 aliphatic heterocycles. The van der Waals surface area contributed by atoms with Crippen LogP contribution in [0.3, 0.4) is 0 Å². The first-order valence-corrected chi connectivity index (χ1v) is 10.9. The van der Waals surface area contributed by atoms with Crippen molar-refractivity contribution in [2.24, 2.45) is 0 Å². The molecule has 1 fully saturated rings. The van der Waals surface area contributed by atoms with Crippen LogP contribution < -0.4 is 10.1 Å². The van der Waals surface area contributed by atoms with E-state index in [0.29, 0.717) is 29.5 Å². The predicted molar refractivity (Wildman–Crippen MR) is 119 cm³/mol. The van der Waals surface area contributed by atoms with Gasteiger partial charge in [0.15, 0.2) is 0 Å². The molecule has 164 valence electrons. The number of benzene rings is 1. The lowest BCUT2D eigenvalue weighted by Gasteiger charge is -2.34. The first-order chi connectivity index (χ1) is 15.1. The van der Waals surface area contributed by atoms with Crippen LogP contribution in [0.5, 0.6) is 5.75 Å². The number of aromatic carboxylic acids is 1. The van der Waals surface area contributed by atoms with Gasteiger partial charge in [-0.1, -0.05) is 12.1 Å². The number of nitrogens with zero attached hydrogens (tertiary/aromatic N) is 2. The highest BCUT2D eigenvalue weighted by Crippen LogP contribution is 2.33. The lowest BCUT2D eigenvalue weighted by Crippen LogP contribution is -2.43. The molecule has 0 bridgehead atoms. The molecule has 1 saturated heterocycles. The van der Waals surface area contributed by atoms with Crippen molar-refractivity contribution in [3.8, 4) is 5.75 Å². The van der Waals surface area contributed by atoms with E-state index >= 15 is 0 Å². The van der Waals surface area contributed by atoms with Crippen LogP contribution in [-0.2, 0) is 6.54 Å². The highest BCUT2D eigenvalue weighted by Gasteiger charge is 2.22. The Labute approximate surface area is 182 Å². The summed E-state index contributed by atoms with van der Waals surface area (Å²) in [5.74, 6) is -0.417. The first-order valence-electron chi connectivity index (χ1n) is 10.9. The van der Waals surface area contributed by atoms with Gasteiger partial charge >= 0.3 is 5.97 Å². The highest BCUT2D eigenvalue weighted by molar-refractivity contribution is 5.97. The Bertz CT molecular complexity index is 1010. The maximum absolute atomic E-state index is 11.4. The van der Waals surface area contributed by atoms with Crippen LogP contribution in [0.1, 0.15) is 40.9 Å². The van der Waals surface area contributed by atoms with Crippen molar-refractivity contribution in [3.63, 3.8) is 0 Å². The number of fused-ring (bicyclic) bond motifs is 1. The fourth-order valence-corrected chi connectivity index (χ4v) is 4.33. The van der Waals surface area contributed by atoms with Crippen molar-refractivity contribution < 1.29 is 19.1 Å². The first kappa shape index (κ1) is 21.3. The molecule has 0 saturated carbocycles. The van der Waals surface area contributed by atoms with Gasteiger partial charge in [0.2, 0.25) is 5.76 Å². The number of pyridine rings is 1. The Kier molecular flexibility index (Phi) is 6.84. The van der Waals surface area contributed by atoms with Gasteiger partial charge < -0.3 is 19.6 Å².